The summed E-state index contributed by atoms with van der Waals surface area (Å²) in [5.41, 5.74) is 0.882. The normalized spacial score (nSPS) is 17.4. The first-order valence-electron chi connectivity index (χ1n) is 10.2. The lowest BCUT2D eigenvalue weighted by Crippen LogP contribution is -2.37. The van der Waals surface area contributed by atoms with Gasteiger partial charge in [0.1, 0.15) is 16.5 Å². The number of nitrogens with one attached hydrogen (secondary N) is 1. The zero-order valence-corrected chi connectivity index (χ0v) is 18.7. The van der Waals surface area contributed by atoms with E-state index in [1.54, 1.807) is 24.3 Å². The third kappa shape index (κ3) is 4.23. The number of anilines is 2. The molecule has 2 aromatic rings. The molecule has 32 heavy (non-hydrogen) atoms. The van der Waals surface area contributed by atoms with Crippen LogP contribution in [-0.2, 0) is 9.59 Å². The molecule has 4 rings (SSSR count). The molecule has 0 atom stereocenters. The van der Waals surface area contributed by atoms with Crippen LogP contribution in [0.4, 0.5) is 15.8 Å². The molecule has 2 heterocycles. The van der Waals surface area contributed by atoms with Gasteiger partial charge in [0.05, 0.1) is 10.7 Å². The summed E-state index contributed by atoms with van der Waals surface area (Å²) in [6.45, 7) is 3.58. The van der Waals surface area contributed by atoms with Crippen molar-refractivity contribution in [1.29, 1.82) is 0 Å². The van der Waals surface area contributed by atoms with E-state index in [1.165, 1.54) is 12.1 Å². The molecule has 1 fully saturated rings. The van der Waals surface area contributed by atoms with Crippen molar-refractivity contribution in [2.24, 2.45) is 5.92 Å². The summed E-state index contributed by atoms with van der Waals surface area (Å²) < 4.78 is 13.5. The largest absolute Gasteiger partial charge is 0.350 e. The number of imide groups is 1. The molecule has 0 unspecified atom stereocenters. The Morgan fingerprint density at radius 2 is 1.78 bits per heavy atom. The fourth-order valence-corrected chi connectivity index (χ4v) is 4.13. The average Bonchev–Trinajstić information content (AvgIpc) is 2.99. The highest BCUT2D eigenvalue weighted by atomic mass is 35.5. The van der Waals surface area contributed by atoms with Crippen LogP contribution in [0.2, 0.25) is 5.02 Å². The molecule has 0 radical (unpaired) electrons. The van der Waals surface area contributed by atoms with Crippen molar-refractivity contribution in [2.75, 3.05) is 23.3 Å². The van der Waals surface area contributed by atoms with E-state index in [4.69, 9.17) is 23.2 Å². The molecule has 0 aromatic heterocycles. The SMILES string of the molecule is CC1CCN(C(=O)c2cccc(NC3=C(Cl)C(=O)N(c4ccc(F)c(Cl)c4)C3=O)c2)CC1. The summed E-state index contributed by atoms with van der Waals surface area (Å²) in [7, 11) is 0. The smallest absolute Gasteiger partial charge is 0.283 e. The summed E-state index contributed by atoms with van der Waals surface area (Å²) >= 11 is 11.9. The highest BCUT2D eigenvalue weighted by molar-refractivity contribution is 6.53. The lowest BCUT2D eigenvalue weighted by Gasteiger charge is -2.30. The number of likely N-dealkylation sites (tertiary alicyclic amines) is 1. The maximum Gasteiger partial charge on any atom is 0.283 e. The summed E-state index contributed by atoms with van der Waals surface area (Å²) in [4.78, 5) is 41.0. The zero-order valence-electron chi connectivity index (χ0n) is 17.2. The average molecular weight is 476 g/mol. The molecule has 0 saturated carbocycles. The number of hydrogen-bond donors (Lipinski definition) is 1. The number of carbonyl (C=O) groups is 3. The molecular formula is C23H20Cl2FN3O3. The topological polar surface area (TPSA) is 69.7 Å². The summed E-state index contributed by atoms with van der Waals surface area (Å²) in [6, 6.07) is 10.2. The molecule has 6 nitrogen and oxygen atoms in total. The van der Waals surface area contributed by atoms with Crippen LogP contribution in [0.1, 0.15) is 30.1 Å². The molecule has 0 bridgehead atoms. The minimum Gasteiger partial charge on any atom is -0.350 e. The Labute approximate surface area is 194 Å². The standard InChI is InChI=1S/C23H20Cl2FN3O3/c1-13-7-9-28(10-8-13)21(30)14-3-2-4-15(11-14)27-20-19(25)22(31)29(23(20)32)16-5-6-18(26)17(24)12-16/h2-6,11-13,27H,7-10H2,1H3. The van der Waals surface area contributed by atoms with E-state index in [2.05, 4.69) is 12.2 Å². The molecule has 166 valence electrons. The van der Waals surface area contributed by atoms with Crippen LogP contribution in [0.25, 0.3) is 0 Å². The second-order valence-electron chi connectivity index (χ2n) is 7.91. The predicted octanol–water partition coefficient (Wildman–Crippen LogP) is 4.79. The molecule has 1 saturated heterocycles. The Kier molecular flexibility index (Phi) is 6.22. The second-order valence-corrected chi connectivity index (χ2v) is 8.70. The van der Waals surface area contributed by atoms with Crippen LogP contribution in [0.3, 0.4) is 0 Å². The van der Waals surface area contributed by atoms with Crippen molar-refractivity contribution in [1.82, 2.24) is 4.90 Å². The van der Waals surface area contributed by atoms with E-state index in [1.807, 2.05) is 4.90 Å². The highest BCUT2D eigenvalue weighted by Crippen LogP contribution is 2.32. The van der Waals surface area contributed by atoms with E-state index in [-0.39, 0.29) is 27.3 Å². The summed E-state index contributed by atoms with van der Waals surface area (Å²) in [5.74, 6) is -1.61. The Morgan fingerprint density at radius 3 is 2.47 bits per heavy atom. The molecular weight excluding hydrogens is 456 g/mol. The number of hydrogen-bond acceptors (Lipinski definition) is 4. The monoisotopic (exact) mass is 475 g/mol. The maximum absolute atomic E-state index is 13.5. The van der Waals surface area contributed by atoms with Crippen LogP contribution in [0.15, 0.2) is 53.2 Å². The van der Waals surface area contributed by atoms with Crippen molar-refractivity contribution in [2.45, 2.75) is 19.8 Å². The lowest BCUT2D eigenvalue weighted by molar-refractivity contribution is -0.120. The number of benzene rings is 2. The minimum atomic E-state index is -0.753. The van der Waals surface area contributed by atoms with E-state index >= 15 is 0 Å². The minimum absolute atomic E-state index is 0.0861. The fourth-order valence-electron chi connectivity index (χ4n) is 3.74. The second kappa shape index (κ2) is 8.92. The molecule has 0 aliphatic carbocycles. The van der Waals surface area contributed by atoms with Gasteiger partial charge in [-0.1, -0.05) is 36.2 Å². The van der Waals surface area contributed by atoms with Gasteiger partial charge in [0.2, 0.25) is 0 Å². The Morgan fingerprint density at radius 1 is 1.06 bits per heavy atom. The van der Waals surface area contributed by atoms with E-state index < -0.39 is 17.6 Å². The van der Waals surface area contributed by atoms with E-state index in [0.717, 1.165) is 23.8 Å². The number of halogens is 3. The van der Waals surface area contributed by atoms with Crippen LogP contribution in [0.5, 0.6) is 0 Å². The van der Waals surface area contributed by atoms with Crippen LogP contribution in [-0.4, -0.2) is 35.7 Å². The summed E-state index contributed by atoms with van der Waals surface area (Å²) in [5, 5.41) is 2.33. The fraction of sp³-hybridized carbons (Fsp3) is 0.261. The van der Waals surface area contributed by atoms with Crippen molar-refractivity contribution in [3.63, 3.8) is 0 Å². The molecule has 2 aliphatic rings. The molecule has 2 aromatic carbocycles. The van der Waals surface area contributed by atoms with Gasteiger partial charge in [0, 0.05) is 24.3 Å². The molecule has 3 amide bonds. The van der Waals surface area contributed by atoms with Gasteiger partial charge in [0.15, 0.2) is 0 Å². The molecule has 9 heteroatoms. The van der Waals surface area contributed by atoms with Gasteiger partial charge >= 0.3 is 0 Å². The molecule has 0 spiro atoms. The van der Waals surface area contributed by atoms with Gasteiger partial charge in [-0.2, -0.15) is 0 Å². The van der Waals surface area contributed by atoms with Gasteiger partial charge in [0.25, 0.3) is 17.7 Å². The van der Waals surface area contributed by atoms with Gasteiger partial charge in [-0.05, 0) is 55.2 Å². The highest BCUT2D eigenvalue weighted by Gasteiger charge is 2.39. The summed E-state index contributed by atoms with van der Waals surface area (Å²) in [6.07, 6.45) is 1.93. The Balaban J connectivity index is 1.54. The predicted molar refractivity (Wildman–Crippen MR) is 121 cm³/mol. The van der Waals surface area contributed by atoms with Crippen LogP contribution < -0.4 is 10.2 Å². The van der Waals surface area contributed by atoms with Gasteiger partial charge in [-0.25, -0.2) is 9.29 Å². The van der Waals surface area contributed by atoms with E-state index in [9.17, 15) is 18.8 Å². The van der Waals surface area contributed by atoms with E-state index in [0.29, 0.717) is 30.3 Å². The van der Waals surface area contributed by atoms with Gasteiger partial charge in [-0.15, -0.1) is 0 Å². The third-order valence-electron chi connectivity index (χ3n) is 5.64. The first kappa shape index (κ1) is 22.3. The number of amides is 3. The van der Waals surface area contributed by atoms with Crippen molar-refractivity contribution >= 4 is 52.3 Å². The van der Waals surface area contributed by atoms with Crippen molar-refractivity contribution in [3.05, 3.63) is 69.6 Å². The third-order valence-corrected chi connectivity index (χ3v) is 6.28. The van der Waals surface area contributed by atoms with Crippen molar-refractivity contribution < 1.29 is 18.8 Å². The van der Waals surface area contributed by atoms with Crippen LogP contribution in [0, 0.1) is 11.7 Å². The quantitative estimate of drug-likeness (QED) is 0.645. The van der Waals surface area contributed by atoms with Crippen molar-refractivity contribution in [3.8, 4) is 0 Å². The first-order chi connectivity index (χ1) is 15.3. The Bertz CT molecular complexity index is 1140. The number of carbonyl (C=O) groups excluding carboxylic acids is 3. The molecule has 2 aliphatic heterocycles. The molecule has 1 N–H and O–H groups in total. The van der Waals surface area contributed by atoms with Crippen LogP contribution >= 0.6 is 23.2 Å². The van der Waals surface area contributed by atoms with Gasteiger partial charge in [-0.3, -0.25) is 14.4 Å². The Hall–Kier alpha value is -2.90. The lowest BCUT2D eigenvalue weighted by atomic mass is 9.98. The first-order valence-corrected chi connectivity index (χ1v) is 10.9. The maximum atomic E-state index is 13.5. The zero-order chi connectivity index (χ0) is 23.0. The number of nitrogens with zero attached hydrogens (tertiary/aromatic N) is 2. The number of rotatable bonds is 4. The number of piperidine rings is 1. The van der Waals surface area contributed by atoms with Gasteiger partial charge < -0.3 is 10.2 Å².